The summed E-state index contributed by atoms with van der Waals surface area (Å²) in [4.78, 5) is 13.0. The lowest BCUT2D eigenvalue weighted by molar-refractivity contribution is 0.255. The Morgan fingerprint density at radius 2 is 1.89 bits per heavy atom. The lowest BCUT2D eigenvalue weighted by Crippen LogP contribution is -2.46. The molecule has 0 bridgehead atoms. The van der Waals surface area contributed by atoms with Gasteiger partial charge in [-0.2, -0.15) is 0 Å². The molecule has 0 radical (unpaired) electrons. The van der Waals surface area contributed by atoms with Crippen molar-refractivity contribution in [2.24, 2.45) is 0 Å². The van der Waals surface area contributed by atoms with Crippen LogP contribution in [0.2, 0.25) is 0 Å². The molecular formula is C22H24N4S. The maximum absolute atomic E-state index is 4.45. The number of thiazole rings is 1. The number of nitrogens with zero attached hydrogens (tertiary/aromatic N) is 3. The van der Waals surface area contributed by atoms with Gasteiger partial charge in [0.05, 0.1) is 21.4 Å². The second-order valence-electron chi connectivity index (χ2n) is 7.27. The minimum atomic E-state index is 1.10. The highest BCUT2D eigenvalue weighted by atomic mass is 32.1. The Morgan fingerprint density at radius 1 is 1.00 bits per heavy atom. The summed E-state index contributed by atoms with van der Waals surface area (Å²) in [5.41, 5.74) is 7.13. The van der Waals surface area contributed by atoms with Crippen LogP contribution in [0.25, 0.3) is 21.1 Å². The van der Waals surface area contributed by atoms with E-state index >= 15 is 0 Å². The van der Waals surface area contributed by atoms with Crippen molar-refractivity contribution in [2.75, 3.05) is 37.6 Å². The van der Waals surface area contributed by atoms with E-state index in [2.05, 4.69) is 68.4 Å². The zero-order valence-corrected chi connectivity index (χ0v) is 16.2. The van der Waals surface area contributed by atoms with Crippen molar-refractivity contribution >= 4 is 38.1 Å². The van der Waals surface area contributed by atoms with Crippen molar-refractivity contribution in [1.29, 1.82) is 0 Å². The predicted molar refractivity (Wildman–Crippen MR) is 115 cm³/mol. The van der Waals surface area contributed by atoms with Crippen molar-refractivity contribution in [2.45, 2.75) is 12.8 Å². The summed E-state index contributed by atoms with van der Waals surface area (Å²) >= 11 is 1.75. The molecule has 0 atom stereocenters. The third-order valence-electron chi connectivity index (χ3n) is 5.64. The fourth-order valence-electron chi connectivity index (χ4n) is 4.16. The van der Waals surface area contributed by atoms with Gasteiger partial charge in [-0.3, -0.25) is 4.90 Å². The highest BCUT2D eigenvalue weighted by Gasteiger charge is 2.19. The van der Waals surface area contributed by atoms with Gasteiger partial charge in [-0.15, -0.1) is 11.3 Å². The molecule has 2 aromatic heterocycles. The van der Waals surface area contributed by atoms with Crippen molar-refractivity contribution < 1.29 is 0 Å². The molecule has 0 amide bonds. The molecule has 0 aliphatic carbocycles. The number of hydrogen-bond acceptors (Lipinski definition) is 4. The Morgan fingerprint density at radius 3 is 2.81 bits per heavy atom. The number of nitrogens with one attached hydrogen (secondary N) is 1. The first-order chi connectivity index (χ1) is 13.4. The van der Waals surface area contributed by atoms with E-state index in [4.69, 9.17) is 0 Å². The normalized spacial score (nSPS) is 15.8. The molecule has 5 heteroatoms. The Labute approximate surface area is 163 Å². The van der Waals surface area contributed by atoms with Gasteiger partial charge in [-0.25, -0.2) is 4.98 Å². The first-order valence-electron chi connectivity index (χ1n) is 9.73. The first-order valence-corrected chi connectivity index (χ1v) is 10.6. The average molecular weight is 377 g/mol. The molecule has 5 rings (SSSR count). The minimum Gasteiger partial charge on any atom is -0.368 e. The molecule has 27 heavy (non-hydrogen) atoms. The fourth-order valence-corrected chi connectivity index (χ4v) is 5.00. The number of rotatable bonds is 5. The maximum Gasteiger partial charge on any atom is 0.0833 e. The monoisotopic (exact) mass is 376 g/mol. The van der Waals surface area contributed by atoms with Gasteiger partial charge < -0.3 is 9.88 Å². The van der Waals surface area contributed by atoms with Gasteiger partial charge in [0.2, 0.25) is 0 Å². The van der Waals surface area contributed by atoms with Crippen molar-refractivity contribution in [3.8, 4) is 0 Å². The minimum absolute atomic E-state index is 1.10. The van der Waals surface area contributed by atoms with Crippen molar-refractivity contribution in [3.63, 3.8) is 0 Å². The number of H-pyrrole nitrogens is 1. The fraction of sp³-hybridized carbons (Fsp3) is 0.318. The van der Waals surface area contributed by atoms with Crippen LogP contribution in [0.1, 0.15) is 12.0 Å². The number of hydrogen-bond donors (Lipinski definition) is 1. The molecular weight excluding hydrogens is 352 g/mol. The SMILES string of the molecule is c1cc(N2CCN(CCCc3c[nH]c4ccccc34)CC2)c2scnc2c1. The second-order valence-corrected chi connectivity index (χ2v) is 8.12. The Hall–Kier alpha value is -2.37. The number of aryl methyl sites for hydroxylation is 1. The first kappa shape index (κ1) is 16.8. The maximum atomic E-state index is 4.45. The number of anilines is 1. The third kappa shape index (κ3) is 3.33. The van der Waals surface area contributed by atoms with E-state index in [1.54, 1.807) is 11.3 Å². The van der Waals surface area contributed by atoms with Crippen molar-refractivity contribution in [1.82, 2.24) is 14.9 Å². The molecule has 1 N–H and O–H groups in total. The number of aromatic amines is 1. The van der Waals surface area contributed by atoms with Crippen LogP contribution in [-0.4, -0.2) is 47.6 Å². The van der Waals surface area contributed by atoms with Crippen LogP contribution in [0.15, 0.2) is 54.2 Å². The van der Waals surface area contributed by atoms with Gasteiger partial charge in [0.1, 0.15) is 0 Å². The van der Waals surface area contributed by atoms with Gasteiger partial charge in [-0.05, 0) is 43.1 Å². The summed E-state index contributed by atoms with van der Waals surface area (Å²) in [5.74, 6) is 0. The zero-order chi connectivity index (χ0) is 18.1. The topological polar surface area (TPSA) is 35.2 Å². The number of fused-ring (bicyclic) bond motifs is 2. The van der Waals surface area contributed by atoms with E-state index in [9.17, 15) is 0 Å². The highest BCUT2D eigenvalue weighted by molar-refractivity contribution is 7.17. The van der Waals surface area contributed by atoms with Crippen LogP contribution >= 0.6 is 11.3 Å². The summed E-state index contributed by atoms with van der Waals surface area (Å²) in [6.45, 7) is 5.67. The van der Waals surface area contributed by atoms with Crippen LogP contribution in [0.5, 0.6) is 0 Å². The van der Waals surface area contributed by atoms with E-state index < -0.39 is 0 Å². The van der Waals surface area contributed by atoms with E-state index in [1.165, 1.54) is 39.8 Å². The number of aromatic nitrogens is 2. The molecule has 138 valence electrons. The second kappa shape index (κ2) is 7.33. The molecule has 4 nitrogen and oxygen atoms in total. The largest absolute Gasteiger partial charge is 0.368 e. The summed E-state index contributed by atoms with van der Waals surface area (Å²) in [5, 5.41) is 1.37. The van der Waals surface area contributed by atoms with Gasteiger partial charge in [0.15, 0.2) is 0 Å². The molecule has 1 saturated heterocycles. The molecule has 0 saturated carbocycles. The van der Waals surface area contributed by atoms with E-state index in [1.807, 2.05) is 5.51 Å². The predicted octanol–water partition coefficient (Wildman–Crippen LogP) is 4.53. The molecule has 3 heterocycles. The van der Waals surface area contributed by atoms with Gasteiger partial charge in [0, 0.05) is 43.3 Å². The third-order valence-corrected chi connectivity index (χ3v) is 6.51. The Kier molecular flexibility index (Phi) is 4.56. The molecule has 4 aromatic rings. The van der Waals surface area contributed by atoms with Crippen LogP contribution in [0.4, 0.5) is 5.69 Å². The van der Waals surface area contributed by atoms with Crippen LogP contribution < -0.4 is 4.90 Å². The average Bonchev–Trinajstić information content (AvgIpc) is 3.36. The standard InChI is InChI=1S/C22H24N4S/c1-2-7-19-18(6-1)17(15-23-19)5-4-10-25-11-13-26(14-12-25)21-9-3-8-20-22(21)27-16-24-20/h1-3,6-9,15-16,23H,4-5,10-14H2. The highest BCUT2D eigenvalue weighted by Crippen LogP contribution is 2.30. The van der Waals surface area contributed by atoms with Crippen LogP contribution in [0, 0.1) is 0 Å². The molecule has 1 fully saturated rings. The van der Waals surface area contributed by atoms with Crippen molar-refractivity contribution in [3.05, 3.63) is 59.7 Å². The summed E-state index contributed by atoms with van der Waals surface area (Å²) in [6.07, 6.45) is 4.54. The van der Waals surface area contributed by atoms with Gasteiger partial charge >= 0.3 is 0 Å². The summed E-state index contributed by atoms with van der Waals surface area (Å²) in [6, 6.07) is 15.1. The Bertz CT molecular complexity index is 1040. The molecule has 2 aromatic carbocycles. The van der Waals surface area contributed by atoms with Gasteiger partial charge in [-0.1, -0.05) is 24.3 Å². The smallest absolute Gasteiger partial charge is 0.0833 e. The zero-order valence-electron chi connectivity index (χ0n) is 15.4. The van der Waals surface area contributed by atoms with Crippen LogP contribution in [0.3, 0.4) is 0 Å². The Balaban J connectivity index is 1.16. The molecule has 1 aliphatic heterocycles. The number of para-hydroxylation sites is 1. The van der Waals surface area contributed by atoms with E-state index in [0.29, 0.717) is 0 Å². The van der Waals surface area contributed by atoms with E-state index in [-0.39, 0.29) is 0 Å². The van der Waals surface area contributed by atoms with Gasteiger partial charge in [0.25, 0.3) is 0 Å². The van der Waals surface area contributed by atoms with E-state index in [0.717, 1.165) is 38.1 Å². The lowest BCUT2D eigenvalue weighted by Gasteiger charge is -2.36. The summed E-state index contributed by atoms with van der Waals surface area (Å²) in [7, 11) is 0. The molecule has 0 unspecified atom stereocenters. The number of benzene rings is 2. The van der Waals surface area contributed by atoms with Crippen LogP contribution in [-0.2, 0) is 6.42 Å². The summed E-state index contributed by atoms with van der Waals surface area (Å²) < 4.78 is 1.32. The lowest BCUT2D eigenvalue weighted by atomic mass is 10.1. The quantitative estimate of drug-likeness (QED) is 0.556. The molecule has 0 spiro atoms. The molecule has 1 aliphatic rings. The number of piperazine rings is 1.